The molecule has 0 aromatic rings. The summed E-state index contributed by atoms with van der Waals surface area (Å²) in [4.78, 5) is 0. The van der Waals surface area contributed by atoms with Gasteiger partial charge in [0.05, 0.1) is 8.07 Å². The Bertz CT molecular complexity index is 284. The Labute approximate surface area is 104 Å². The molecule has 94 valence electrons. The summed E-state index contributed by atoms with van der Waals surface area (Å²) >= 11 is 6.33. The van der Waals surface area contributed by atoms with Gasteiger partial charge < -0.3 is 14.2 Å². The van der Waals surface area contributed by atoms with Crippen molar-refractivity contribution in [2.24, 2.45) is 0 Å². The van der Waals surface area contributed by atoms with E-state index < -0.39 is 14.0 Å². The van der Waals surface area contributed by atoms with Crippen LogP contribution >= 0.6 is 11.6 Å². The predicted octanol–water partition coefficient (Wildman–Crippen LogP) is 3.18. The van der Waals surface area contributed by atoms with Crippen LogP contribution in [-0.2, 0) is 14.2 Å². The maximum atomic E-state index is 6.33. The van der Waals surface area contributed by atoms with E-state index in [2.05, 4.69) is 19.6 Å². The molecule has 5 heteroatoms. The van der Waals surface area contributed by atoms with Crippen LogP contribution in [0.1, 0.15) is 6.42 Å². The third-order valence-electron chi connectivity index (χ3n) is 3.09. The molecule has 1 fully saturated rings. The molecule has 1 aliphatic carbocycles. The molecular weight excluding hydrogens is 244 g/mol. The van der Waals surface area contributed by atoms with Crippen LogP contribution in [0.15, 0.2) is 10.6 Å². The van der Waals surface area contributed by atoms with Crippen molar-refractivity contribution in [3.8, 4) is 0 Å². The number of ether oxygens (including phenoxy) is 3. The molecule has 0 heterocycles. The van der Waals surface area contributed by atoms with Gasteiger partial charge in [0.2, 0.25) is 0 Å². The van der Waals surface area contributed by atoms with Gasteiger partial charge in [-0.3, -0.25) is 0 Å². The smallest absolute Gasteiger partial charge is 0.322 e. The van der Waals surface area contributed by atoms with Crippen molar-refractivity contribution in [2.45, 2.75) is 37.6 Å². The minimum absolute atomic E-state index is 0.562. The van der Waals surface area contributed by atoms with Crippen molar-refractivity contribution >= 4 is 19.7 Å². The molecule has 3 nitrogen and oxygen atoms in total. The van der Waals surface area contributed by atoms with E-state index in [0.29, 0.717) is 10.6 Å². The summed E-state index contributed by atoms with van der Waals surface area (Å²) in [6.07, 6.45) is 1.05. The minimum atomic E-state index is -1.22. The number of methoxy groups -OCH3 is 3. The minimum Gasteiger partial charge on any atom is -0.326 e. The molecule has 1 unspecified atom stereocenters. The Morgan fingerprint density at radius 3 is 1.88 bits per heavy atom. The zero-order chi connectivity index (χ0) is 12.6. The first kappa shape index (κ1) is 14.2. The average Bonchev–Trinajstić information content (AvgIpc) is 2.99. The van der Waals surface area contributed by atoms with Crippen LogP contribution in [0, 0.1) is 0 Å². The first-order valence-electron chi connectivity index (χ1n) is 5.37. The molecule has 0 bridgehead atoms. The average molecular weight is 265 g/mol. The molecule has 1 aliphatic rings. The lowest BCUT2D eigenvalue weighted by Crippen LogP contribution is -2.36. The molecule has 0 N–H and O–H groups in total. The highest BCUT2D eigenvalue weighted by Gasteiger charge is 2.48. The standard InChI is InChI=1S/C11H21ClO3Si/c1-13-11(14-2,15-3)10(12)8-7-9(8)16(4,5)6/h9H,7H2,1-6H3. The van der Waals surface area contributed by atoms with E-state index in [-0.39, 0.29) is 0 Å². The lowest BCUT2D eigenvalue weighted by atomic mass is 10.4. The number of hydrogen-bond acceptors (Lipinski definition) is 3. The van der Waals surface area contributed by atoms with Gasteiger partial charge in [-0.1, -0.05) is 31.2 Å². The number of halogens is 1. The summed E-state index contributed by atoms with van der Waals surface area (Å²) in [5.41, 5.74) is 1.85. The second-order valence-electron chi connectivity index (χ2n) is 5.13. The fourth-order valence-electron chi connectivity index (χ4n) is 1.95. The molecule has 0 aliphatic heterocycles. The molecule has 16 heavy (non-hydrogen) atoms. The van der Waals surface area contributed by atoms with Crippen LogP contribution in [0.3, 0.4) is 0 Å². The van der Waals surface area contributed by atoms with Gasteiger partial charge >= 0.3 is 5.97 Å². The summed E-state index contributed by atoms with van der Waals surface area (Å²) in [6.45, 7) is 7.01. The van der Waals surface area contributed by atoms with Gasteiger partial charge in [0, 0.05) is 21.3 Å². The van der Waals surface area contributed by atoms with Crippen molar-refractivity contribution in [1.82, 2.24) is 0 Å². The number of allylic oxidation sites excluding steroid dienone is 1. The van der Waals surface area contributed by atoms with Crippen molar-refractivity contribution in [3.05, 3.63) is 10.6 Å². The van der Waals surface area contributed by atoms with Gasteiger partial charge in [-0.25, -0.2) is 0 Å². The van der Waals surface area contributed by atoms with Crippen LogP contribution in [0.4, 0.5) is 0 Å². The van der Waals surface area contributed by atoms with E-state index >= 15 is 0 Å². The molecule has 0 spiro atoms. The van der Waals surface area contributed by atoms with Gasteiger partial charge in [0.15, 0.2) is 0 Å². The summed E-state index contributed by atoms with van der Waals surface area (Å²) in [6, 6.07) is 0. The molecule has 0 aromatic carbocycles. The first-order chi connectivity index (χ1) is 7.32. The summed E-state index contributed by atoms with van der Waals surface area (Å²) < 4.78 is 15.7. The zero-order valence-corrected chi connectivity index (χ0v) is 12.6. The maximum absolute atomic E-state index is 6.33. The van der Waals surface area contributed by atoms with E-state index in [1.807, 2.05) is 0 Å². The van der Waals surface area contributed by atoms with Gasteiger partial charge in [-0.15, -0.1) is 0 Å². The van der Waals surface area contributed by atoms with E-state index in [1.165, 1.54) is 26.9 Å². The van der Waals surface area contributed by atoms with Crippen LogP contribution in [-0.4, -0.2) is 35.4 Å². The highest BCUT2D eigenvalue weighted by Crippen LogP contribution is 2.55. The van der Waals surface area contributed by atoms with E-state index in [4.69, 9.17) is 25.8 Å². The second-order valence-corrected chi connectivity index (χ2v) is 10.9. The van der Waals surface area contributed by atoms with Gasteiger partial charge in [-0.2, -0.15) is 0 Å². The highest BCUT2D eigenvalue weighted by molar-refractivity contribution is 6.79. The Balaban J connectivity index is 2.94. The third kappa shape index (κ3) is 2.51. The van der Waals surface area contributed by atoms with Crippen LogP contribution in [0.5, 0.6) is 0 Å². The first-order valence-corrected chi connectivity index (χ1v) is 9.32. The molecule has 1 atom stereocenters. The maximum Gasteiger partial charge on any atom is 0.322 e. The van der Waals surface area contributed by atoms with Crippen LogP contribution in [0.2, 0.25) is 25.2 Å². The van der Waals surface area contributed by atoms with E-state index in [1.54, 1.807) is 0 Å². The normalized spacial score (nSPS) is 24.6. The Kier molecular flexibility index (Phi) is 4.24. The second kappa shape index (κ2) is 4.78. The fourth-order valence-corrected chi connectivity index (χ4v) is 4.50. The van der Waals surface area contributed by atoms with Gasteiger partial charge in [-0.05, 0) is 17.5 Å². The molecule has 1 saturated carbocycles. The molecule has 0 amide bonds. The van der Waals surface area contributed by atoms with Crippen molar-refractivity contribution in [2.75, 3.05) is 21.3 Å². The SMILES string of the molecule is COC(OC)(OC)C(Cl)=C1CC1[Si](C)(C)C. The third-order valence-corrected chi connectivity index (χ3v) is 6.20. The predicted molar refractivity (Wildman–Crippen MR) is 68.4 cm³/mol. The zero-order valence-electron chi connectivity index (χ0n) is 10.9. The van der Waals surface area contributed by atoms with Crippen LogP contribution < -0.4 is 0 Å². The Morgan fingerprint density at radius 2 is 1.62 bits per heavy atom. The largest absolute Gasteiger partial charge is 0.326 e. The van der Waals surface area contributed by atoms with Gasteiger partial charge in [0.25, 0.3) is 0 Å². The summed E-state index contributed by atoms with van der Waals surface area (Å²) in [5, 5.41) is 0.562. The van der Waals surface area contributed by atoms with E-state index in [9.17, 15) is 0 Å². The molecule has 0 aromatic heterocycles. The molecular formula is C11H21ClO3Si. The van der Waals surface area contributed by atoms with Crippen molar-refractivity contribution < 1.29 is 14.2 Å². The summed E-state index contributed by atoms with van der Waals surface area (Å²) in [7, 11) is 3.41. The van der Waals surface area contributed by atoms with Crippen molar-refractivity contribution in [1.29, 1.82) is 0 Å². The molecule has 0 saturated heterocycles. The highest BCUT2D eigenvalue weighted by atomic mass is 35.5. The summed E-state index contributed by atoms with van der Waals surface area (Å²) in [5.74, 6) is -1.22. The topological polar surface area (TPSA) is 27.7 Å². The van der Waals surface area contributed by atoms with E-state index in [0.717, 1.165) is 6.42 Å². The monoisotopic (exact) mass is 264 g/mol. The lowest BCUT2D eigenvalue weighted by Gasteiger charge is -2.28. The molecule has 0 radical (unpaired) electrons. The fraction of sp³-hybridized carbons (Fsp3) is 0.818. The Hall–Kier alpha value is 0.127. The number of hydrogen-bond donors (Lipinski definition) is 0. The number of rotatable bonds is 5. The van der Waals surface area contributed by atoms with Crippen molar-refractivity contribution in [3.63, 3.8) is 0 Å². The quantitative estimate of drug-likeness (QED) is 0.564. The Morgan fingerprint density at radius 1 is 1.19 bits per heavy atom. The van der Waals surface area contributed by atoms with Crippen LogP contribution in [0.25, 0.3) is 0 Å². The van der Waals surface area contributed by atoms with Gasteiger partial charge in [0.1, 0.15) is 5.03 Å². The lowest BCUT2D eigenvalue weighted by molar-refractivity contribution is -0.322. The molecule has 1 rings (SSSR count).